The first-order valence-corrected chi connectivity index (χ1v) is 10.0. The zero-order chi connectivity index (χ0) is 20.6. The first-order valence-electron chi connectivity index (χ1n) is 10.0. The maximum absolute atomic E-state index is 5.67. The van der Waals surface area contributed by atoms with Crippen LogP contribution in [0.1, 0.15) is 23.9 Å². The smallest absolute Gasteiger partial charge is 0.194 e. The van der Waals surface area contributed by atoms with Crippen molar-refractivity contribution in [3.8, 4) is 11.5 Å². The zero-order valence-corrected chi connectivity index (χ0v) is 17.8. The number of aliphatic imine (C=N–C) groups is 1. The Morgan fingerprint density at radius 2 is 2.00 bits per heavy atom. The second-order valence-corrected chi connectivity index (χ2v) is 7.01. The van der Waals surface area contributed by atoms with E-state index >= 15 is 0 Å². The molecule has 158 valence electrons. The molecule has 8 heteroatoms. The fourth-order valence-corrected chi connectivity index (χ4v) is 3.45. The van der Waals surface area contributed by atoms with Gasteiger partial charge in [0.05, 0.1) is 19.4 Å². The van der Waals surface area contributed by atoms with E-state index in [2.05, 4.69) is 25.3 Å². The highest BCUT2D eigenvalue weighted by Gasteiger charge is 2.20. The summed E-state index contributed by atoms with van der Waals surface area (Å²) in [5, 5.41) is 7.55. The number of ether oxygens (including phenoxy) is 2. The quantitative estimate of drug-likeness (QED) is 0.563. The van der Waals surface area contributed by atoms with Gasteiger partial charge in [0.2, 0.25) is 0 Å². The van der Waals surface area contributed by atoms with Gasteiger partial charge in [0.1, 0.15) is 5.76 Å². The van der Waals surface area contributed by atoms with Crippen molar-refractivity contribution in [2.45, 2.75) is 26.9 Å². The molecule has 1 saturated heterocycles. The number of methoxy groups -OCH3 is 1. The van der Waals surface area contributed by atoms with Crippen LogP contribution in [0.15, 0.2) is 33.8 Å². The lowest BCUT2D eigenvalue weighted by Crippen LogP contribution is -2.52. The van der Waals surface area contributed by atoms with E-state index in [9.17, 15) is 0 Å². The van der Waals surface area contributed by atoms with Crippen LogP contribution >= 0.6 is 0 Å². The van der Waals surface area contributed by atoms with Gasteiger partial charge in [-0.2, -0.15) is 0 Å². The number of benzene rings is 1. The van der Waals surface area contributed by atoms with Crippen molar-refractivity contribution in [3.63, 3.8) is 0 Å². The fraction of sp³-hybridized carbons (Fsp3) is 0.524. The third kappa shape index (κ3) is 5.63. The monoisotopic (exact) mass is 401 g/mol. The zero-order valence-electron chi connectivity index (χ0n) is 17.8. The van der Waals surface area contributed by atoms with Crippen molar-refractivity contribution < 1.29 is 14.0 Å². The maximum atomic E-state index is 5.67. The van der Waals surface area contributed by atoms with Crippen LogP contribution in [0.2, 0.25) is 0 Å². The number of nitrogens with zero attached hydrogens (tertiary/aromatic N) is 4. The van der Waals surface area contributed by atoms with Gasteiger partial charge in [-0.15, -0.1) is 0 Å². The van der Waals surface area contributed by atoms with Gasteiger partial charge >= 0.3 is 0 Å². The van der Waals surface area contributed by atoms with Gasteiger partial charge in [-0.3, -0.25) is 9.89 Å². The van der Waals surface area contributed by atoms with Gasteiger partial charge in [0.15, 0.2) is 17.5 Å². The summed E-state index contributed by atoms with van der Waals surface area (Å²) < 4.78 is 16.2. The molecule has 0 unspecified atom stereocenters. The van der Waals surface area contributed by atoms with E-state index in [1.165, 1.54) is 0 Å². The molecule has 0 amide bonds. The molecule has 3 rings (SSSR count). The van der Waals surface area contributed by atoms with Gasteiger partial charge in [-0.1, -0.05) is 11.2 Å². The van der Waals surface area contributed by atoms with Gasteiger partial charge in [0.25, 0.3) is 0 Å². The van der Waals surface area contributed by atoms with E-state index in [1.54, 1.807) is 7.11 Å². The summed E-state index contributed by atoms with van der Waals surface area (Å²) in [7, 11) is 3.48. The molecular formula is C21H31N5O3. The van der Waals surface area contributed by atoms with Crippen molar-refractivity contribution in [1.82, 2.24) is 20.3 Å². The highest BCUT2D eigenvalue weighted by Crippen LogP contribution is 2.28. The highest BCUT2D eigenvalue weighted by molar-refractivity contribution is 5.80. The Labute approximate surface area is 172 Å². The number of aromatic nitrogens is 1. The van der Waals surface area contributed by atoms with Crippen LogP contribution in [0.25, 0.3) is 0 Å². The van der Waals surface area contributed by atoms with E-state index in [4.69, 9.17) is 14.0 Å². The van der Waals surface area contributed by atoms with Gasteiger partial charge in [-0.05, 0) is 31.5 Å². The summed E-state index contributed by atoms with van der Waals surface area (Å²) in [4.78, 5) is 9.14. The Bertz CT molecular complexity index is 812. The first kappa shape index (κ1) is 21.0. The molecule has 0 spiro atoms. The number of piperazine rings is 1. The molecule has 2 heterocycles. The van der Waals surface area contributed by atoms with Crippen molar-refractivity contribution in [3.05, 3.63) is 41.3 Å². The average molecular weight is 402 g/mol. The minimum Gasteiger partial charge on any atom is -0.493 e. The van der Waals surface area contributed by atoms with Crippen molar-refractivity contribution >= 4 is 5.96 Å². The van der Waals surface area contributed by atoms with Crippen LogP contribution < -0.4 is 14.8 Å². The van der Waals surface area contributed by atoms with E-state index in [0.717, 1.165) is 67.2 Å². The molecule has 0 atom stereocenters. The third-order valence-electron chi connectivity index (χ3n) is 4.92. The average Bonchev–Trinajstić information content (AvgIpc) is 3.14. The minimum absolute atomic E-state index is 0.604. The summed E-state index contributed by atoms with van der Waals surface area (Å²) in [6.45, 7) is 9.76. The van der Waals surface area contributed by atoms with Crippen molar-refractivity contribution in [2.24, 2.45) is 4.99 Å². The van der Waals surface area contributed by atoms with Crippen LogP contribution in [-0.2, 0) is 13.1 Å². The molecule has 1 aromatic carbocycles. The van der Waals surface area contributed by atoms with Crippen molar-refractivity contribution in [1.29, 1.82) is 0 Å². The number of rotatable bonds is 7. The molecule has 8 nitrogen and oxygen atoms in total. The number of hydrogen-bond acceptors (Lipinski definition) is 6. The van der Waals surface area contributed by atoms with Crippen molar-refractivity contribution in [2.75, 3.05) is 46.9 Å². The third-order valence-corrected chi connectivity index (χ3v) is 4.92. The van der Waals surface area contributed by atoms with E-state index in [-0.39, 0.29) is 0 Å². The predicted molar refractivity (Wildman–Crippen MR) is 112 cm³/mol. The summed E-state index contributed by atoms with van der Waals surface area (Å²) in [6, 6.07) is 7.99. The molecular weight excluding hydrogens is 370 g/mol. The van der Waals surface area contributed by atoms with Crippen LogP contribution in [0, 0.1) is 6.92 Å². The number of hydrogen-bond donors (Lipinski definition) is 1. The first-order chi connectivity index (χ1) is 14.1. The lowest BCUT2D eigenvalue weighted by Gasteiger charge is -2.36. The molecule has 1 aromatic heterocycles. The van der Waals surface area contributed by atoms with E-state index in [1.807, 2.05) is 45.2 Å². The van der Waals surface area contributed by atoms with Gasteiger partial charge < -0.3 is 24.2 Å². The molecule has 0 aliphatic carbocycles. The Hall–Kier alpha value is -2.74. The standard InChI is InChI=1S/C21H31N5O3/c1-5-28-20-13-17(6-7-19(20)27-4)14-23-21(22-3)26-10-8-25(9-11-26)15-18-12-16(2)29-24-18/h6-7,12-13H,5,8-11,14-15H2,1-4H3,(H,22,23). The van der Waals surface area contributed by atoms with E-state index in [0.29, 0.717) is 13.2 Å². The Morgan fingerprint density at radius 3 is 2.62 bits per heavy atom. The molecule has 0 radical (unpaired) electrons. The summed E-state index contributed by atoms with van der Waals surface area (Å²) >= 11 is 0. The molecule has 1 N–H and O–H groups in total. The maximum Gasteiger partial charge on any atom is 0.194 e. The molecule has 0 bridgehead atoms. The molecule has 1 aliphatic rings. The normalized spacial score (nSPS) is 15.4. The summed E-state index contributed by atoms with van der Waals surface area (Å²) in [5.41, 5.74) is 2.11. The second kappa shape index (κ2) is 10.2. The second-order valence-electron chi connectivity index (χ2n) is 7.01. The van der Waals surface area contributed by atoms with Crippen LogP contribution in [-0.4, -0.2) is 67.9 Å². The Kier molecular flexibility index (Phi) is 7.35. The predicted octanol–water partition coefficient (Wildman–Crippen LogP) is 2.28. The fourth-order valence-electron chi connectivity index (χ4n) is 3.45. The topological polar surface area (TPSA) is 75.4 Å². The van der Waals surface area contributed by atoms with E-state index < -0.39 is 0 Å². The largest absolute Gasteiger partial charge is 0.493 e. The molecule has 0 saturated carbocycles. The number of aryl methyl sites for hydroxylation is 1. The Morgan fingerprint density at radius 1 is 1.21 bits per heavy atom. The lowest BCUT2D eigenvalue weighted by atomic mass is 10.2. The summed E-state index contributed by atoms with van der Waals surface area (Å²) in [6.07, 6.45) is 0. The number of nitrogens with one attached hydrogen (secondary N) is 1. The summed E-state index contributed by atoms with van der Waals surface area (Å²) in [5.74, 6) is 3.28. The molecule has 1 aliphatic heterocycles. The van der Waals surface area contributed by atoms with Crippen LogP contribution in [0.5, 0.6) is 11.5 Å². The van der Waals surface area contributed by atoms with Crippen LogP contribution in [0.4, 0.5) is 0 Å². The number of guanidine groups is 1. The van der Waals surface area contributed by atoms with Gasteiger partial charge in [0, 0.05) is 52.4 Å². The molecule has 29 heavy (non-hydrogen) atoms. The van der Waals surface area contributed by atoms with Crippen LogP contribution in [0.3, 0.4) is 0 Å². The minimum atomic E-state index is 0.604. The molecule has 2 aromatic rings. The highest BCUT2D eigenvalue weighted by atomic mass is 16.5. The SMILES string of the molecule is CCOc1cc(CNC(=NC)N2CCN(Cc3cc(C)on3)CC2)ccc1OC. The Balaban J connectivity index is 1.51. The lowest BCUT2D eigenvalue weighted by molar-refractivity contribution is 0.169. The van der Waals surface area contributed by atoms with Gasteiger partial charge in [-0.25, -0.2) is 0 Å². The molecule has 1 fully saturated rings.